The van der Waals surface area contributed by atoms with Crippen molar-refractivity contribution in [3.63, 3.8) is 0 Å². The lowest BCUT2D eigenvalue weighted by atomic mass is 10.1. The highest BCUT2D eigenvalue weighted by Gasteiger charge is 2.14. The van der Waals surface area contributed by atoms with E-state index in [2.05, 4.69) is 4.98 Å². The minimum Gasteiger partial charge on any atom is -0.263 e. The molecule has 1 heterocycles. The molecular weight excluding hydrogens is 306 g/mol. The number of pyridine rings is 1. The van der Waals surface area contributed by atoms with Crippen LogP contribution in [0.2, 0.25) is 0 Å². The van der Waals surface area contributed by atoms with Crippen molar-refractivity contribution in [1.82, 2.24) is 4.98 Å². The molecule has 1 nitrogen and oxygen atoms in total. The van der Waals surface area contributed by atoms with Gasteiger partial charge in [0.2, 0.25) is 0 Å². The molecule has 0 saturated carbocycles. The number of nitrogens with zero attached hydrogens (tertiary/aromatic N) is 1. The zero-order valence-electron chi connectivity index (χ0n) is 6.69. The summed E-state index contributed by atoms with van der Waals surface area (Å²) in [7, 11) is 0. The first-order chi connectivity index (χ1) is 6.61. The van der Waals surface area contributed by atoms with E-state index < -0.39 is 17.5 Å². The lowest BCUT2D eigenvalue weighted by Gasteiger charge is -2.02. The van der Waals surface area contributed by atoms with Gasteiger partial charge in [-0.25, -0.2) is 13.2 Å². The van der Waals surface area contributed by atoms with Crippen LogP contribution < -0.4 is 0 Å². The fourth-order valence-electron chi connectivity index (χ4n) is 1.18. The second kappa shape index (κ2) is 3.38. The summed E-state index contributed by atoms with van der Waals surface area (Å²) in [5.74, 6) is -3.83. The quantitative estimate of drug-likeness (QED) is 0.538. The number of rotatable bonds is 0. The fourth-order valence-corrected chi connectivity index (χ4v) is 1.79. The maximum absolute atomic E-state index is 13.2. The van der Waals surface area contributed by atoms with E-state index in [1.54, 1.807) is 0 Å². The summed E-state index contributed by atoms with van der Waals surface area (Å²) in [6.07, 6.45) is 2.63. The van der Waals surface area contributed by atoms with Crippen molar-refractivity contribution in [2.24, 2.45) is 0 Å². The average molecular weight is 309 g/mol. The molecule has 0 aliphatic carbocycles. The van der Waals surface area contributed by atoms with Gasteiger partial charge in [0.15, 0.2) is 17.5 Å². The number of halogens is 4. The molecule has 0 saturated heterocycles. The Hall–Kier alpha value is -0.850. The van der Waals surface area contributed by atoms with E-state index in [9.17, 15) is 13.2 Å². The van der Waals surface area contributed by atoms with E-state index in [0.717, 1.165) is 6.07 Å². The first kappa shape index (κ1) is 9.70. The Labute approximate surface area is 91.1 Å². The summed E-state index contributed by atoms with van der Waals surface area (Å²) in [6, 6.07) is 0.969. The van der Waals surface area contributed by atoms with Crippen molar-refractivity contribution in [1.29, 1.82) is 0 Å². The molecule has 0 unspecified atom stereocenters. The van der Waals surface area contributed by atoms with Crippen molar-refractivity contribution in [3.05, 3.63) is 39.5 Å². The highest BCUT2D eigenvalue weighted by atomic mass is 127. The van der Waals surface area contributed by atoms with Crippen LogP contribution in [0.3, 0.4) is 0 Å². The molecule has 14 heavy (non-hydrogen) atoms. The summed E-state index contributed by atoms with van der Waals surface area (Å²) in [5, 5.41) is 0.327. The van der Waals surface area contributed by atoms with Crippen LogP contribution in [0.4, 0.5) is 13.2 Å². The van der Waals surface area contributed by atoms with E-state index in [1.807, 2.05) is 22.6 Å². The molecule has 0 bridgehead atoms. The smallest absolute Gasteiger partial charge is 0.195 e. The molecule has 2 aromatic rings. The van der Waals surface area contributed by atoms with Crippen LogP contribution in [0.5, 0.6) is 0 Å². The number of hydrogen-bond donors (Lipinski definition) is 0. The van der Waals surface area contributed by atoms with Gasteiger partial charge < -0.3 is 0 Å². The van der Waals surface area contributed by atoms with E-state index in [1.165, 1.54) is 12.4 Å². The zero-order chi connectivity index (χ0) is 10.3. The van der Waals surface area contributed by atoms with Crippen LogP contribution in [0.15, 0.2) is 18.5 Å². The topological polar surface area (TPSA) is 12.9 Å². The van der Waals surface area contributed by atoms with Crippen molar-refractivity contribution >= 4 is 33.4 Å². The van der Waals surface area contributed by atoms with E-state index in [4.69, 9.17) is 0 Å². The van der Waals surface area contributed by atoms with E-state index in [-0.39, 0.29) is 5.39 Å². The van der Waals surface area contributed by atoms with Crippen molar-refractivity contribution in [3.8, 4) is 0 Å². The number of hydrogen-bond acceptors (Lipinski definition) is 1. The number of fused-ring (bicyclic) bond motifs is 1. The molecule has 0 fully saturated rings. The van der Waals surface area contributed by atoms with Crippen molar-refractivity contribution in [2.45, 2.75) is 0 Å². The van der Waals surface area contributed by atoms with Gasteiger partial charge in [-0.2, -0.15) is 0 Å². The SMILES string of the molecule is Fc1cc2c(I)cncc2c(F)c1F. The molecule has 0 spiro atoms. The highest BCUT2D eigenvalue weighted by molar-refractivity contribution is 14.1. The summed E-state index contributed by atoms with van der Waals surface area (Å²) in [4.78, 5) is 3.71. The number of benzene rings is 1. The standard InChI is InChI=1S/C9H3F3IN/c10-6-1-4-5(8(11)9(6)12)2-14-3-7(4)13/h1-3H. The largest absolute Gasteiger partial charge is 0.263 e. The third-order valence-corrected chi connectivity index (χ3v) is 2.71. The van der Waals surface area contributed by atoms with Gasteiger partial charge in [0.1, 0.15) is 0 Å². The Morgan fingerprint density at radius 1 is 1.00 bits per heavy atom. The Morgan fingerprint density at radius 3 is 2.43 bits per heavy atom. The molecule has 0 atom stereocenters. The first-order valence-corrected chi connectivity index (χ1v) is 4.76. The van der Waals surface area contributed by atoms with Crippen LogP contribution in [0.1, 0.15) is 0 Å². The van der Waals surface area contributed by atoms with Gasteiger partial charge in [0.05, 0.1) is 0 Å². The first-order valence-electron chi connectivity index (χ1n) is 3.68. The van der Waals surface area contributed by atoms with Crippen LogP contribution in [0.25, 0.3) is 10.8 Å². The van der Waals surface area contributed by atoms with Gasteiger partial charge in [-0.15, -0.1) is 0 Å². The molecular formula is C9H3F3IN. The van der Waals surface area contributed by atoms with Gasteiger partial charge in [-0.3, -0.25) is 4.98 Å². The van der Waals surface area contributed by atoms with Crippen LogP contribution in [-0.4, -0.2) is 4.98 Å². The normalized spacial score (nSPS) is 10.9. The van der Waals surface area contributed by atoms with Gasteiger partial charge in [0.25, 0.3) is 0 Å². The summed E-state index contributed by atoms with van der Waals surface area (Å²) in [6.45, 7) is 0. The fraction of sp³-hybridized carbons (Fsp3) is 0. The molecule has 0 N–H and O–H groups in total. The van der Waals surface area contributed by atoms with Crippen molar-refractivity contribution < 1.29 is 13.2 Å². The zero-order valence-corrected chi connectivity index (χ0v) is 8.85. The minimum absolute atomic E-state index is 0.00389. The van der Waals surface area contributed by atoms with E-state index >= 15 is 0 Å². The summed E-state index contributed by atoms with van der Waals surface area (Å²) < 4.78 is 39.4. The Morgan fingerprint density at radius 2 is 1.71 bits per heavy atom. The predicted octanol–water partition coefficient (Wildman–Crippen LogP) is 3.26. The van der Waals surface area contributed by atoms with Crippen molar-refractivity contribution in [2.75, 3.05) is 0 Å². The second-order valence-corrected chi connectivity index (χ2v) is 3.86. The summed E-state index contributed by atoms with van der Waals surface area (Å²) >= 11 is 1.88. The highest BCUT2D eigenvalue weighted by Crippen LogP contribution is 2.25. The second-order valence-electron chi connectivity index (χ2n) is 2.70. The van der Waals surface area contributed by atoms with Gasteiger partial charge in [0, 0.05) is 26.7 Å². The number of aromatic nitrogens is 1. The summed E-state index contributed by atoms with van der Waals surface area (Å²) in [5.41, 5.74) is 0. The monoisotopic (exact) mass is 309 g/mol. The Kier molecular flexibility index (Phi) is 2.34. The molecule has 5 heteroatoms. The molecule has 72 valence electrons. The van der Waals surface area contributed by atoms with Gasteiger partial charge in [-0.05, 0) is 28.7 Å². The predicted molar refractivity (Wildman–Crippen MR) is 54.3 cm³/mol. The molecule has 2 rings (SSSR count). The minimum atomic E-state index is -1.46. The lowest BCUT2D eigenvalue weighted by molar-refractivity contribution is 0.453. The Bertz CT molecular complexity index is 513. The maximum atomic E-state index is 13.2. The van der Waals surface area contributed by atoms with Crippen LogP contribution in [-0.2, 0) is 0 Å². The Balaban J connectivity index is 2.98. The van der Waals surface area contributed by atoms with Gasteiger partial charge >= 0.3 is 0 Å². The average Bonchev–Trinajstić information content (AvgIpc) is 2.17. The molecule has 1 aromatic carbocycles. The van der Waals surface area contributed by atoms with Crippen LogP contribution >= 0.6 is 22.6 Å². The molecule has 0 amide bonds. The molecule has 0 aliphatic heterocycles. The molecule has 0 aliphatic rings. The van der Waals surface area contributed by atoms with E-state index in [0.29, 0.717) is 8.96 Å². The molecule has 0 radical (unpaired) electrons. The third kappa shape index (κ3) is 1.35. The van der Waals surface area contributed by atoms with Crippen LogP contribution in [0, 0.1) is 21.0 Å². The third-order valence-electron chi connectivity index (χ3n) is 1.85. The lowest BCUT2D eigenvalue weighted by Crippen LogP contribution is -1.94. The maximum Gasteiger partial charge on any atom is 0.195 e. The molecule has 1 aromatic heterocycles. The van der Waals surface area contributed by atoms with Gasteiger partial charge in [-0.1, -0.05) is 0 Å².